The van der Waals surface area contributed by atoms with Crippen molar-refractivity contribution >= 4 is 29.4 Å². The van der Waals surface area contributed by atoms with E-state index in [4.69, 9.17) is 0 Å². The number of carboxylic acids is 1. The summed E-state index contributed by atoms with van der Waals surface area (Å²) in [6.07, 6.45) is -0.0717. The van der Waals surface area contributed by atoms with Gasteiger partial charge in [0.05, 0.1) is 0 Å². The maximum atomic E-state index is 12.6. The van der Waals surface area contributed by atoms with Crippen molar-refractivity contribution in [3.05, 3.63) is 126 Å². The van der Waals surface area contributed by atoms with Crippen molar-refractivity contribution in [2.75, 3.05) is 5.32 Å². The molecule has 8 heteroatoms. The standard InChI is InChI=1S/C32H29N3O5/c36-29(20-19-28(32(39)40)33-21-22-7-3-1-4-8-22)35-31(38)26-13-11-23(12-14-26)24-15-17-27(18-16-24)34-30(37)25-9-5-2-6-10-25/h1-18,28,33H,19-21H2,(H,34,37)(H,39,40)(H,35,36,38)/t28-/m0/s1. The predicted octanol–water partition coefficient (Wildman–Crippen LogP) is 4.89. The number of carbonyl (C=O) groups excluding carboxylic acids is 3. The Morgan fingerprint density at radius 3 is 1.80 bits per heavy atom. The summed E-state index contributed by atoms with van der Waals surface area (Å²) >= 11 is 0. The summed E-state index contributed by atoms with van der Waals surface area (Å²) in [6.45, 7) is 0.357. The molecule has 0 aliphatic rings. The fourth-order valence-electron chi connectivity index (χ4n) is 4.04. The maximum absolute atomic E-state index is 12.6. The van der Waals surface area contributed by atoms with Crippen LogP contribution in [0.4, 0.5) is 5.69 Å². The quantitative estimate of drug-likeness (QED) is 0.217. The molecule has 4 rings (SSSR count). The van der Waals surface area contributed by atoms with Crippen LogP contribution >= 0.6 is 0 Å². The van der Waals surface area contributed by atoms with E-state index in [1.807, 2.05) is 48.5 Å². The minimum atomic E-state index is -1.06. The second kappa shape index (κ2) is 13.6. The number of nitrogens with one attached hydrogen (secondary N) is 3. The number of benzene rings is 4. The van der Waals surface area contributed by atoms with E-state index < -0.39 is 23.8 Å². The number of carboxylic acid groups (broad SMARTS) is 1. The Balaban J connectivity index is 1.27. The molecule has 0 fully saturated rings. The van der Waals surface area contributed by atoms with Gasteiger partial charge >= 0.3 is 5.97 Å². The smallest absolute Gasteiger partial charge is 0.320 e. The van der Waals surface area contributed by atoms with Crippen molar-refractivity contribution < 1.29 is 24.3 Å². The van der Waals surface area contributed by atoms with E-state index in [0.29, 0.717) is 23.4 Å². The Bertz CT molecular complexity index is 1450. The molecule has 0 radical (unpaired) electrons. The molecule has 40 heavy (non-hydrogen) atoms. The molecule has 0 spiro atoms. The van der Waals surface area contributed by atoms with Gasteiger partial charge in [-0.05, 0) is 59.5 Å². The lowest BCUT2D eigenvalue weighted by atomic mass is 10.0. The van der Waals surface area contributed by atoms with Crippen LogP contribution in [0.1, 0.15) is 39.1 Å². The monoisotopic (exact) mass is 535 g/mol. The van der Waals surface area contributed by atoms with Crippen LogP contribution < -0.4 is 16.0 Å². The van der Waals surface area contributed by atoms with Gasteiger partial charge in [0.15, 0.2) is 0 Å². The average Bonchev–Trinajstić information content (AvgIpc) is 2.98. The summed E-state index contributed by atoms with van der Waals surface area (Å²) in [5.41, 5.74) is 4.22. The zero-order valence-corrected chi connectivity index (χ0v) is 21.7. The second-order valence-electron chi connectivity index (χ2n) is 9.15. The van der Waals surface area contributed by atoms with Crippen LogP contribution in [0.5, 0.6) is 0 Å². The minimum Gasteiger partial charge on any atom is -0.480 e. The zero-order chi connectivity index (χ0) is 28.3. The fraction of sp³-hybridized carbons (Fsp3) is 0.125. The molecule has 0 aromatic heterocycles. The fourth-order valence-corrected chi connectivity index (χ4v) is 4.04. The van der Waals surface area contributed by atoms with Gasteiger partial charge in [-0.15, -0.1) is 0 Å². The molecule has 3 amide bonds. The Morgan fingerprint density at radius 1 is 0.650 bits per heavy atom. The Morgan fingerprint density at radius 2 is 1.20 bits per heavy atom. The van der Waals surface area contributed by atoms with Crippen LogP contribution in [0, 0.1) is 0 Å². The molecule has 0 unspecified atom stereocenters. The van der Waals surface area contributed by atoms with Gasteiger partial charge in [0.2, 0.25) is 5.91 Å². The highest BCUT2D eigenvalue weighted by atomic mass is 16.4. The van der Waals surface area contributed by atoms with E-state index in [0.717, 1.165) is 16.7 Å². The third-order valence-electron chi connectivity index (χ3n) is 6.27. The van der Waals surface area contributed by atoms with Crippen LogP contribution in [0.3, 0.4) is 0 Å². The maximum Gasteiger partial charge on any atom is 0.320 e. The SMILES string of the molecule is O=C(CC[C@H](NCc1ccccc1)C(=O)O)NC(=O)c1ccc(-c2ccc(NC(=O)c3ccccc3)cc2)cc1. The highest BCUT2D eigenvalue weighted by Crippen LogP contribution is 2.22. The summed E-state index contributed by atoms with van der Waals surface area (Å²) < 4.78 is 0. The van der Waals surface area contributed by atoms with Gasteiger partial charge in [-0.25, -0.2) is 0 Å². The molecule has 0 aliphatic heterocycles. The molecule has 1 atom stereocenters. The van der Waals surface area contributed by atoms with Crippen molar-refractivity contribution in [1.29, 1.82) is 0 Å². The molecule has 4 aromatic rings. The predicted molar refractivity (Wildman–Crippen MR) is 153 cm³/mol. The lowest BCUT2D eigenvalue weighted by molar-refractivity contribution is -0.139. The van der Waals surface area contributed by atoms with Crippen molar-refractivity contribution in [2.24, 2.45) is 0 Å². The summed E-state index contributed by atoms with van der Waals surface area (Å²) in [4.78, 5) is 48.8. The lowest BCUT2D eigenvalue weighted by Crippen LogP contribution is -2.38. The number of aliphatic carboxylic acids is 1. The number of amides is 3. The first-order chi connectivity index (χ1) is 19.4. The van der Waals surface area contributed by atoms with Crippen molar-refractivity contribution in [1.82, 2.24) is 10.6 Å². The first-order valence-electron chi connectivity index (χ1n) is 12.8. The summed E-state index contributed by atoms with van der Waals surface area (Å²) in [5, 5.41) is 17.6. The Labute approximate surface area is 232 Å². The van der Waals surface area contributed by atoms with E-state index >= 15 is 0 Å². The lowest BCUT2D eigenvalue weighted by Gasteiger charge is -2.14. The molecule has 4 aromatic carbocycles. The number of carbonyl (C=O) groups is 4. The molecule has 0 saturated carbocycles. The van der Waals surface area contributed by atoms with Gasteiger partial charge in [0.25, 0.3) is 11.8 Å². The molecule has 0 bridgehead atoms. The summed E-state index contributed by atoms with van der Waals surface area (Å²) in [6, 6.07) is 31.5. The number of rotatable bonds is 11. The van der Waals surface area contributed by atoms with Crippen LogP contribution in [0.2, 0.25) is 0 Å². The van der Waals surface area contributed by atoms with Gasteiger partial charge in [0, 0.05) is 29.8 Å². The van der Waals surface area contributed by atoms with E-state index in [1.54, 1.807) is 60.7 Å². The highest BCUT2D eigenvalue weighted by Gasteiger charge is 2.19. The van der Waals surface area contributed by atoms with E-state index in [1.165, 1.54) is 0 Å². The van der Waals surface area contributed by atoms with Gasteiger partial charge in [-0.1, -0.05) is 72.8 Å². The summed E-state index contributed by atoms with van der Waals surface area (Å²) in [5.74, 6) is -2.35. The molecule has 4 N–H and O–H groups in total. The minimum absolute atomic E-state index is 0.0437. The van der Waals surface area contributed by atoms with Gasteiger partial charge in [0.1, 0.15) is 6.04 Å². The third kappa shape index (κ3) is 7.96. The van der Waals surface area contributed by atoms with Crippen molar-refractivity contribution in [3.8, 4) is 11.1 Å². The Hall–Kier alpha value is -5.08. The van der Waals surface area contributed by atoms with Crippen molar-refractivity contribution in [2.45, 2.75) is 25.4 Å². The second-order valence-corrected chi connectivity index (χ2v) is 9.15. The molecule has 0 aliphatic carbocycles. The molecular formula is C32H29N3O5. The number of hydrogen-bond donors (Lipinski definition) is 4. The number of hydrogen-bond acceptors (Lipinski definition) is 5. The third-order valence-corrected chi connectivity index (χ3v) is 6.27. The average molecular weight is 536 g/mol. The normalized spacial score (nSPS) is 11.3. The highest BCUT2D eigenvalue weighted by molar-refractivity contribution is 6.05. The van der Waals surface area contributed by atoms with Crippen LogP contribution in [-0.2, 0) is 16.1 Å². The Kier molecular flexibility index (Phi) is 9.53. The molecular weight excluding hydrogens is 506 g/mol. The molecule has 202 valence electrons. The molecule has 0 heterocycles. The van der Waals surface area contributed by atoms with Gasteiger partial charge in [-0.3, -0.25) is 24.5 Å². The zero-order valence-electron chi connectivity index (χ0n) is 21.7. The van der Waals surface area contributed by atoms with Crippen LogP contribution in [0.15, 0.2) is 109 Å². The van der Waals surface area contributed by atoms with Crippen molar-refractivity contribution in [3.63, 3.8) is 0 Å². The number of imide groups is 1. The van der Waals surface area contributed by atoms with E-state index in [2.05, 4.69) is 16.0 Å². The first-order valence-corrected chi connectivity index (χ1v) is 12.8. The van der Waals surface area contributed by atoms with Gasteiger partial charge in [-0.2, -0.15) is 0 Å². The van der Waals surface area contributed by atoms with Gasteiger partial charge < -0.3 is 15.7 Å². The largest absolute Gasteiger partial charge is 0.480 e. The molecule has 0 saturated heterocycles. The van der Waals surface area contributed by atoms with Crippen LogP contribution in [-0.4, -0.2) is 34.8 Å². The van der Waals surface area contributed by atoms with E-state index in [-0.39, 0.29) is 18.7 Å². The van der Waals surface area contributed by atoms with Crippen LogP contribution in [0.25, 0.3) is 11.1 Å². The number of anilines is 1. The van der Waals surface area contributed by atoms with E-state index in [9.17, 15) is 24.3 Å². The topological polar surface area (TPSA) is 125 Å². The summed E-state index contributed by atoms with van der Waals surface area (Å²) in [7, 11) is 0. The first kappa shape index (κ1) is 27.9. The molecule has 8 nitrogen and oxygen atoms in total.